The van der Waals surface area contributed by atoms with Gasteiger partial charge in [-0.25, -0.2) is 4.57 Å². The molecule has 4 nitrogen and oxygen atoms in total. The third-order valence-electron chi connectivity index (χ3n) is 3.94. The lowest BCUT2D eigenvalue weighted by atomic mass is 10.3. The average Bonchev–Trinajstić information content (AvgIpc) is 2.71. The van der Waals surface area contributed by atoms with Crippen LogP contribution in [0.25, 0.3) is 11.5 Å². The third kappa shape index (κ3) is 3.41. The fourth-order valence-electron chi connectivity index (χ4n) is 2.67. The molecule has 0 aliphatic heterocycles. The summed E-state index contributed by atoms with van der Waals surface area (Å²) in [6.07, 6.45) is 7.85. The number of rotatable bonds is 4. The van der Waals surface area contributed by atoms with Crippen molar-refractivity contribution in [3.63, 3.8) is 0 Å². The van der Waals surface area contributed by atoms with Gasteiger partial charge in [0.15, 0.2) is 17.4 Å². The predicted octanol–water partition coefficient (Wildman–Crippen LogP) is 4.03. The molecule has 4 aromatic rings. The van der Waals surface area contributed by atoms with Crippen molar-refractivity contribution in [2.45, 2.75) is 0 Å². The van der Waals surface area contributed by atoms with Crippen LogP contribution in [0.5, 0.6) is 0 Å². The lowest BCUT2D eigenvalue weighted by Gasteiger charge is -2.06. The van der Waals surface area contributed by atoms with Crippen LogP contribution in [0.2, 0.25) is 5.02 Å². The SMILES string of the molecule is Clc1c(-[n+]2ccccc2)cc(-[n+]2ccccc2)nc1Nc1ccccc1. The van der Waals surface area contributed by atoms with Crippen molar-refractivity contribution in [3.05, 3.63) is 103 Å². The molecule has 0 unspecified atom stereocenters. The maximum atomic E-state index is 6.70. The van der Waals surface area contributed by atoms with Crippen molar-refractivity contribution in [3.8, 4) is 11.5 Å². The molecule has 5 heteroatoms. The quantitative estimate of drug-likeness (QED) is 0.557. The molecule has 0 radical (unpaired) electrons. The molecule has 0 aliphatic rings. The minimum Gasteiger partial charge on any atom is -0.318 e. The molecule has 126 valence electrons. The summed E-state index contributed by atoms with van der Waals surface area (Å²) in [5, 5.41) is 3.88. The number of aromatic nitrogens is 3. The number of nitrogens with zero attached hydrogens (tertiary/aromatic N) is 3. The van der Waals surface area contributed by atoms with Gasteiger partial charge in [0.2, 0.25) is 5.69 Å². The van der Waals surface area contributed by atoms with Crippen LogP contribution in [0.3, 0.4) is 0 Å². The Bertz CT molecular complexity index is 1010. The van der Waals surface area contributed by atoms with Gasteiger partial charge in [0.25, 0.3) is 5.82 Å². The molecule has 1 aromatic carbocycles. The van der Waals surface area contributed by atoms with Gasteiger partial charge in [-0.05, 0) is 29.2 Å². The Morgan fingerprint density at radius 3 is 1.96 bits per heavy atom. The molecule has 0 atom stereocenters. The number of halogens is 1. The van der Waals surface area contributed by atoms with Crippen LogP contribution >= 0.6 is 11.6 Å². The molecule has 0 aliphatic carbocycles. The van der Waals surface area contributed by atoms with Gasteiger partial charge in [-0.3, -0.25) is 0 Å². The first-order chi connectivity index (χ1) is 12.8. The number of hydrogen-bond donors (Lipinski definition) is 1. The minimum absolute atomic E-state index is 0.560. The number of para-hydroxylation sites is 1. The lowest BCUT2D eigenvalue weighted by Crippen LogP contribution is -2.34. The van der Waals surface area contributed by atoms with Crippen molar-refractivity contribution in [1.29, 1.82) is 0 Å². The molecule has 3 heterocycles. The second-order valence-corrected chi connectivity index (χ2v) is 6.10. The monoisotopic (exact) mass is 360 g/mol. The number of hydrogen-bond acceptors (Lipinski definition) is 2. The minimum atomic E-state index is 0.560. The van der Waals surface area contributed by atoms with E-state index in [1.165, 1.54) is 0 Å². The molecule has 26 heavy (non-hydrogen) atoms. The fourth-order valence-corrected chi connectivity index (χ4v) is 2.92. The van der Waals surface area contributed by atoms with Crippen LogP contribution in [0.4, 0.5) is 11.5 Å². The largest absolute Gasteiger partial charge is 0.337 e. The maximum Gasteiger partial charge on any atom is 0.337 e. The van der Waals surface area contributed by atoms with E-state index in [-0.39, 0.29) is 0 Å². The molecule has 3 aromatic heterocycles. The Kier molecular flexibility index (Phi) is 4.58. The summed E-state index contributed by atoms with van der Waals surface area (Å²) >= 11 is 6.70. The number of nitrogens with one attached hydrogen (secondary N) is 1. The van der Waals surface area contributed by atoms with Crippen LogP contribution in [-0.4, -0.2) is 4.98 Å². The molecular formula is C21H17ClN4+2. The fraction of sp³-hybridized carbons (Fsp3) is 0. The zero-order valence-corrected chi connectivity index (χ0v) is 14.7. The van der Waals surface area contributed by atoms with E-state index in [0.717, 1.165) is 17.2 Å². The van der Waals surface area contributed by atoms with E-state index in [1.807, 2.05) is 107 Å². The van der Waals surface area contributed by atoms with Crippen molar-refractivity contribution < 1.29 is 9.13 Å². The van der Waals surface area contributed by atoms with E-state index in [4.69, 9.17) is 16.6 Å². The summed E-state index contributed by atoms with van der Waals surface area (Å²) in [7, 11) is 0. The third-order valence-corrected chi connectivity index (χ3v) is 4.31. The van der Waals surface area contributed by atoms with Gasteiger partial charge in [0.05, 0.1) is 12.4 Å². The van der Waals surface area contributed by atoms with Gasteiger partial charge in [0, 0.05) is 17.8 Å². The van der Waals surface area contributed by atoms with Crippen LogP contribution in [0.1, 0.15) is 0 Å². The number of benzene rings is 1. The lowest BCUT2D eigenvalue weighted by molar-refractivity contribution is -0.606. The summed E-state index contributed by atoms with van der Waals surface area (Å²) in [6.45, 7) is 0. The first-order valence-electron chi connectivity index (χ1n) is 8.27. The zero-order valence-electron chi connectivity index (χ0n) is 14.0. The van der Waals surface area contributed by atoms with Crippen LogP contribution in [0, 0.1) is 0 Å². The standard InChI is InChI=1S/C21H17ClN4/c22-20-18(25-12-6-2-7-13-25)16-19(26-14-8-3-9-15-26)24-21(20)23-17-10-4-1-5-11-17/h1-16H,(H,23,24)/q+2. The van der Waals surface area contributed by atoms with E-state index < -0.39 is 0 Å². The van der Waals surface area contributed by atoms with E-state index in [1.54, 1.807) is 0 Å². The van der Waals surface area contributed by atoms with E-state index >= 15 is 0 Å². The van der Waals surface area contributed by atoms with Crippen molar-refractivity contribution in [1.82, 2.24) is 4.98 Å². The molecular weight excluding hydrogens is 344 g/mol. The molecule has 0 fully saturated rings. The summed E-state index contributed by atoms with van der Waals surface area (Å²) in [5.41, 5.74) is 1.79. The molecule has 0 bridgehead atoms. The topological polar surface area (TPSA) is 32.7 Å². The van der Waals surface area contributed by atoms with E-state index in [2.05, 4.69) is 5.32 Å². The Morgan fingerprint density at radius 1 is 0.731 bits per heavy atom. The second-order valence-electron chi connectivity index (χ2n) is 5.72. The molecule has 0 spiro atoms. The summed E-state index contributed by atoms with van der Waals surface area (Å²) < 4.78 is 3.94. The van der Waals surface area contributed by atoms with Crippen LogP contribution in [0.15, 0.2) is 97.6 Å². The number of pyridine rings is 3. The molecule has 0 saturated heterocycles. The summed E-state index contributed by atoms with van der Waals surface area (Å²) in [6, 6.07) is 23.7. The molecule has 4 rings (SSSR count). The molecule has 0 amide bonds. The van der Waals surface area contributed by atoms with Gasteiger partial charge in [0.1, 0.15) is 6.07 Å². The Morgan fingerprint density at radius 2 is 1.31 bits per heavy atom. The first kappa shape index (κ1) is 16.2. The predicted molar refractivity (Wildman–Crippen MR) is 102 cm³/mol. The van der Waals surface area contributed by atoms with Gasteiger partial charge < -0.3 is 5.32 Å². The van der Waals surface area contributed by atoms with Crippen molar-refractivity contribution in [2.24, 2.45) is 0 Å². The normalized spacial score (nSPS) is 10.5. The maximum absolute atomic E-state index is 6.70. The Hall–Kier alpha value is -3.24. The van der Waals surface area contributed by atoms with Crippen molar-refractivity contribution >= 4 is 23.1 Å². The second kappa shape index (κ2) is 7.33. The first-order valence-corrected chi connectivity index (χ1v) is 8.65. The Balaban J connectivity index is 1.87. The van der Waals surface area contributed by atoms with Gasteiger partial charge in [-0.2, -0.15) is 4.57 Å². The van der Waals surface area contributed by atoms with Gasteiger partial charge in [-0.15, -0.1) is 0 Å². The van der Waals surface area contributed by atoms with E-state index in [9.17, 15) is 0 Å². The summed E-state index contributed by atoms with van der Waals surface area (Å²) in [4.78, 5) is 4.73. The van der Waals surface area contributed by atoms with Crippen LogP contribution in [-0.2, 0) is 0 Å². The van der Waals surface area contributed by atoms with Crippen molar-refractivity contribution in [2.75, 3.05) is 5.32 Å². The molecule has 0 saturated carbocycles. The highest BCUT2D eigenvalue weighted by Gasteiger charge is 2.25. The highest BCUT2D eigenvalue weighted by atomic mass is 35.5. The number of anilines is 2. The smallest absolute Gasteiger partial charge is 0.318 e. The summed E-state index contributed by atoms with van der Waals surface area (Å²) in [5.74, 6) is 1.39. The van der Waals surface area contributed by atoms with Crippen LogP contribution < -0.4 is 14.5 Å². The van der Waals surface area contributed by atoms with E-state index in [0.29, 0.717) is 10.8 Å². The molecule has 1 N–H and O–H groups in total. The Labute approximate surface area is 157 Å². The average molecular weight is 361 g/mol. The zero-order chi connectivity index (χ0) is 17.8. The highest BCUT2D eigenvalue weighted by Crippen LogP contribution is 2.28. The van der Waals surface area contributed by atoms with Gasteiger partial charge >= 0.3 is 5.82 Å². The highest BCUT2D eigenvalue weighted by molar-refractivity contribution is 6.34. The van der Waals surface area contributed by atoms with Gasteiger partial charge in [-0.1, -0.05) is 41.9 Å².